The van der Waals surface area contributed by atoms with Gasteiger partial charge in [-0.05, 0) is 49.9 Å². The predicted octanol–water partition coefficient (Wildman–Crippen LogP) is 2.18. The molecule has 0 aromatic rings. The Morgan fingerprint density at radius 2 is 1.57 bits per heavy atom. The molecule has 1 saturated carbocycles. The van der Waals surface area contributed by atoms with Gasteiger partial charge in [-0.2, -0.15) is 37.9 Å². The molecule has 7 unspecified atom stereocenters. The summed E-state index contributed by atoms with van der Waals surface area (Å²) in [5, 5.41) is 0. The molecule has 13 heteroatoms. The van der Waals surface area contributed by atoms with Gasteiger partial charge in [0, 0.05) is 40.4 Å². The molecule has 1 fully saturated rings. The SMILES string of the molecule is CS(=O)C(S)CC1CCC(CCS(C)(=O)(O)S(=O)(=O)O)C(CC(S)S(C)=O)C1. The molecule has 0 saturated heterocycles. The van der Waals surface area contributed by atoms with E-state index >= 15 is 0 Å². The lowest BCUT2D eigenvalue weighted by Gasteiger charge is -2.41. The van der Waals surface area contributed by atoms with E-state index in [1.165, 1.54) is 0 Å². The van der Waals surface area contributed by atoms with Crippen LogP contribution in [0.5, 0.6) is 0 Å². The molecular formula is C15H32O7S6. The van der Waals surface area contributed by atoms with Crippen LogP contribution in [0.15, 0.2) is 0 Å². The number of hydrogen-bond acceptors (Lipinski definition) is 7. The Bertz CT molecular complexity index is 759. The van der Waals surface area contributed by atoms with Gasteiger partial charge < -0.3 is 0 Å². The second-order valence-electron chi connectivity index (χ2n) is 7.88. The van der Waals surface area contributed by atoms with Crippen LogP contribution in [0.4, 0.5) is 0 Å². The fraction of sp³-hybridized carbons (Fsp3) is 1.00. The maximum atomic E-state index is 12.4. The number of hydrogen-bond donors (Lipinski definition) is 4. The fourth-order valence-corrected chi connectivity index (χ4v) is 7.24. The largest absolute Gasteiger partial charge is 0.366 e. The molecular weight excluding hydrogens is 485 g/mol. The van der Waals surface area contributed by atoms with Crippen molar-refractivity contribution in [3.05, 3.63) is 0 Å². The molecule has 1 aliphatic rings. The van der Waals surface area contributed by atoms with Gasteiger partial charge in [0.1, 0.15) is 0 Å². The van der Waals surface area contributed by atoms with Crippen LogP contribution < -0.4 is 0 Å². The molecule has 2 N–H and O–H groups in total. The van der Waals surface area contributed by atoms with Gasteiger partial charge in [-0.15, -0.1) is 0 Å². The van der Waals surface area contributed by atoms with Crippen molar-refractivity contribution >= 4 is 64.4 Å². The van der Waals surface area contributed by atoms with E-state index in [0.717, 1.165) is 12.8 Å². The van der Waals surface area contributed by atoms with E-state index in [9.17, 15) is 30.1 Å². The van der Waals surface area contributed by atoms with Crippen LogP contribution in [-0.2, 0) is 39.1 Å². The molecule has 0 spiro atoms. The Morgan fingerprint density at radius 3 is 2.04 bits per heavy atom. The standard InChI is InChI=1S/C15H32O7S6/c1-25(16)14(23)9-11-4-5-12(13(8-11)10-15(24)26(2)17)6-7-28(3,21,22)27(18,19)20/h11-15,23-24H,4-10H2,1-3H3,(H,21,22)(H,18,19,20). The van der Waals surface area contributed by atoms with Crippen LogP contribution in [0.3, 0.4) is 0 Å². The molecule has 0 aromatic heterocycles. The zero-order valence-electron chi connectivity index (χ0n) is 16.3. The molecule has 7 atom stereocenters. The average molecular weight is 517 g/mol. The molecule has 170 valence electrons. The second-order valence-corrected chi connectivity index (χ2v) is 20.8. The highest BCUT2D eigenvalue weighted by atomic mass is 33.2. The summed E-state index contributed by atoms with van der Waals surface area (Å²) in [4.78, 5) is 0. The van der Waals surface area contributed by atoms with Gasteiger partial charge in [-0.3, -0.25) is 17.5 Å². The molecule has 1 rings (SSSR count). The molecule has 0 amide bonds. The Kier molecular flexibility index (Phi) is 9.75. The minimum absolute atomic E-state index is 0.0421. The first-order valence-electron chi connectivity index (χ1n) is 8.87. The van der Waals surface area contributed by atoms with E-state index in [4.69, 9.17) is 0 Å². The fourth-order valence-electron chi connectivity index (χ4n) is 3.65. The number of thiol groups is 2. The quantitative estimate of drug-likeness (QED) is 0.199. The lowest BCUT2D eigenvalue weighted by Crippen LogP contribution is -2.43. The molecule has 1 aliphatic carbocycles. The first-order chi connectivity index (χ1) is 12.5. The Balaban J connectivity index is 2.92. The normalized spacial score (nSPS) is 30.0. The van der Waals surface area contributed by atoms with Gasteiger partial charge in [-0.25, -0.2) is 0 Å². The van der Waals surface area contributed by atoms with Crippen molar-refractivity contribution in [3.63, 3.8) is 0 Å². The van der Waals surface area contributed by atoms with Crippen molar-refractivity contribution in [1.82, 2.24) is 0 Å². The zero-order chi connectivity index (χ0) is 21.9. The predicted molar refractivity (Wildman–Crippen MR) is 125 cm³/mol. The molecule has 28 heavy (non-hydrogen) atoms. The van der Waals surface area contributed by atoms with Crippen molar-refractivity contribution in [2.24, 2.45) is 17.8 Å². The molecule has 0 heterocycles. The van der Waals surface area contributed by atoms with Crippen LogP contribution in [-0.4, -0.2) is 63.8 Å². The summed E-state index contributed by atoms with van der Waals surface area (Å²) in [7, 11) is -12.5. The first-order valence-corrected chi connectivity index (χ1v) is 17.6. The van der Waals surface area contributed by atoms with Gasteiger partial charge in [-0.1, -0.05) is 14.8 Å². The summed E-state index contributed by atoms with van der Waals surface area (Å²) in [5.41, 5.74) is 0. The Labute approximate surface area is 183 Å². The van der Waals surface area contributed by atoms with Crippen LogP contribution in [0.1, 0.15) is 38.5 Å². The summed E-state index contributed by atoms with van der Waals surface area (Å²) in [6.45, 7) is 0. The van der Waals surface area contributed by atoms with E-state index in [0.29, 0.717) is 25.5 Å². The van der Waals surface area contributed by atoms with Crippen LogP contribution >= 0.6 is 25.3 Å². The number of rotatable bonds is 10. The van der Waals surface area contributed by atoms with Crippen molar-refractivity contribution in [2.75, 3.05) is 24.5 Å². The third-order valence-electron chi connectivity index (χ3n) is 5.54. The van der Waals surface area contributed by atoms with Crippen LogP contribution in [0.25, 0.3) is 0 Å². The van der Waals surface area contributed by atoms with Gasteiger partial charge >= 0.3 is 9.15 Å². The molecule has 7 nitrogen and oxygen atoms in total. The average Bonchev–Trinajstić information content (AvgIpc) is 2.52. The van der Waals surface area contributed by atoms with E-state index in [2.05, 4.69) is 25.3 Å². The Hall–Kier alpha value is 1.02. The highest BCUT2D eigenvalue weighted by molar-refractivity contribution is 8.76. The van der Waals surface area contributed by atoms with E-state index in [1.807, 2.05) is 0 Å². The first kappa shape index (κ1) is 27.1. The van der Waals surface area contributed by atoms with Crippen molar-refractivity contribution in [2.45, 2.75) is 47.7 Å². The summed E-state index contributed by atoms with van der Waals surface area (Å²) < 4.78 is 77.2. The molecule has 0 radical (unpaired) electrons. The molecule has 0 aromatic carbocycles. The second kappa shape index (κ2) is 10.1. The van der Waals surface area contributed by atoms with Crippen LogP contribution in [0, 0.1) is 17.8 Å². The third kappa shape index (κ3) is 7.61. The minimum Gasteiger partial charge on any atom is -0.289 e. The van der Waals surface area contributed by atoms with E-state index in [1.54, 1.807) is 12.5 Å². The van der Waals surface area contributed by atoms with Gasteiger partial charge in [0.25, 0.3) is 0 Å². The topological polar surface area (TPSA) is 126 Å². The highest BCUT2D eigenvalue weighted by Crippen LogP contribution is 2.43. The maximum absolute atomic E-state index is 12.4. The van der Waals surface area contributed by atoms with E-state index in [-0.39, 0.29) is 33.3 Å². The monoisotopic (exact) mass is 516 g/mol. The maximum Gasteiger partial charge on any atom is 0.366 e. The lowest BCUT2D eigenvalue weighted by molar-refractivity contribution is 0.165. The highest BCUT2D eigenvalue weighted by Gasteiger charge is 2.39. The summed E-state index contributed by atoms with van der Waals surface area (Å²) in [5.74, 6) is -0.266. The Morgan fingerprint density at radius 1 is 1.07 bits per heavy atom. The van der Waals surface area contributed by atoms with Crippen molar-refractivity contribution in [1.29, 1.82) is 0 Å². The molecule has 0 bridgehead atoms. The van der Waals surface area contributed by atoms with Gasteiger partial charge in [0.2, 0.25) is 0 Å². The smallest absolute Gasteiger partial charge is 0.289 e. The lowest BCUT2D eigenvalue weighted by atomic mass is 9.71. The summed E-state index contributed by atoms with van der Waals surface area (Å²) in [6.07, 6.45) is 7.51. The van der Waals surface area contributed by atoms with E-state index < -0.39 is 44.9 Å². The summed E-state index contributed by atoms with van der Waals surface area (Å²) >= 11 is 8.77. The van der Waals surface area contributed by atoms with Crippen molar-refractivity contribution in [3.8, 4) is 0 Å². The minimum atomic E-state index is -5.20. The zero-order valence-corrected chi connectivity index (χ0v) is 21.4. The van der Waals surface area contributed by atoms with Gasteiger partial charge in [0.15, 0.2) is 0 Å². The molecule has 0 aliphatic heterocycles. The van der Waals surface area contributed by atoms with Crippen molar-refractivity contribution < 1.29 is 30.1 Å². The third-order valence-corrected chi connectivity index (χ3v) is 15.6. The van der Waals surface area contributed by atoms with Crippen LogP contribution in [0.2, 0.25) is 0 Å². The summed E-state index contributed by atoms with van der Waals surface area (Å²) in [6, 6.07) is 0. The van der Waals surface area contributed by atoms with Gasteiger partial charge in [0.05, 0.1) is 14.9 Å².